The van der Waals surface area contributed by atoms with E-state index in [1.54, 1.807) is 19.1 Å². The van der Waals surface area contributed by atoms with Crippen LogP contribution in [0.25, 0.3) is 10.9 Å². The summed E-state index contributed by atoms with van der Waals surface area (Å²) in [5.74, 6) is -0.354. The van der Waals surface area contributed by atoms with Gasteiger partial charge in [-0.3, -0.25) is 9.59 Å². The van der Waals surface area contributed by atoms with Crippen LogP contribution in [0.15, 0.2) is 52.2 Å². The average Bonchev–Trinajstić information content (AvgIpc) is 2.78. The highest BCUT2D eigenvalue weighted by Gasteiger charge is 2.26. The third-order valence-corrected chi connectivity index (χ3v) is 7.81. The van der Waals surface area contributed by atoms with E-state index in [0.717, 1.165) is 30.2 Å². The van der Waals surface area contributed by atoms with Crippen molar-refractivity contribution in [2.75, 3.05) is 18.4 Å². The molecule has 1 saturated heterocycles. The number of fused-ring (bicyclic) bond motifs is 1. The lowest BCUT2D eigenvalue weighted by Crippen LogP contribution is -2.35. The van der Waals surface area contributed by atoms with Crippen LogP contribution in [0.4, 0.5) is 5.69 Å². The molecular formula is C23H25N3O4S. The molecule has 8 heteroatoms. The van der Waals surface area contributed by atoms with Crippen LogP contribution >= 0.6 is 0 Å². The van der Waals surface area contributed by atoms with Gasteiger partial charge in [-0.1, -0.05) is 12.5 Å². The van der Waals surface area contributed by atoms with Crippen LogP contribution in [0.2, 0.25) is 0 Å². The summed E-state index contributed by atoms with van der Waals surface area (Å²) in [7, 11) is -3.53. The fourth-order valence-corrected chi connectivity index (χ4v) is 5.39. The van der Waals surface area contributed by atoms with Crippen molar-refractivity contribution in [1.29, 1.82) is 0 Å². The van der Waals surface area contributed by atoms with Gasteiger partial charge in [0.2, 0.25) is 10.0 Å². The molecule has 0 radical (unpaired) electrons. The predicted molar refractivity (Wildman–Crippen MR) is 121 cm³/mol. The number of piperidine rings is 1. The second-order valence-electron chi connectivity index (χ2n) is 7.91. The van der Waals surface area contributed by atoms with Crippen LogP contribution in [-0.2, 0) is 10.0 Å². The molecule has 162 valence electrons. The third kappa shape index (κ3) is 4.13. The van der Waals surface area contributed by atoms with Gasteiger partial charge in [-0.25, -0.2) is 8.42 Å². The number of amides is 1. The van der Waals surface area contributed by atoms with Gasteiger partial charge in [0.1, 0.15) is 0 Å². The highest BCUT2D eigenvalue weighted by molar-refractivity contribution is 7.89. The minimum atomic E-state index is -3.53. The van der Waals surface area contributed by atoms with Crippen molar-refractivity contribution in [2.24, 2.45) is 0 Å². The summed E-state index contributed by atoms with van der Waals surface area (Å²) in [6.07, 6.45) is 2.79. The van der Waals surface area contributed by atoms with Gasteiger partial charge in [-0.2, -0.15) is 4.31 Å². The van der Waals surface area contributed by atoms with E-state index in [-0.39, 0.29) is 16.4 Å². The maximum Gasteiger partial charge on any atom is 0.255 e. The number of rotatable bonds is 4. The zero-order valence-corrected chi connectivity index (χ0v) is 18.4. The molecule has 2 aromatic carbocycles. The van der Waals surface area contributed by atoms with Crippen LogP contribution in [0.3, 0.4) is 0 Å². The minimum Gasteiger partial charge on any atom is -0.322 e. The summed E-state index contributed by atoms with van der Waals surface area (Å²) >= 11 is 0. The van der Waals surface area contributed by atoms with E-state index in [0.29, 0.717) is 35.4 Å². The molecule has 0 saturated carbocycles. The van der Waals surface area contributed by atoms with Crippen LogP contribution < -0.4 is 10.9 Å². The highest BCUT2D eigenvalue weighted by Crippen LogP contribution is 2.23. The maximum absolute atomic E-state index is 12.8. The molecule has 0 unspecified atom stereocenters. The SMILES string of the molecule is Cc1c(C)c2ccc(NC(=O)c3ccc(S(=O)(=O)N4CCCCC4)cc3)cc2[nH]c1=O. The van der Waals surface area contributed by atoms with Gasteiger partial charge in [0.25, 0.3) is 11.5 Å². The molecule has 4 rings (SSSR count). The van der Waals surface area contributed by atoms with Crippen molar-refractivity contribution in [2.45, 2.75) is 38.0 Å². The molecule has 1 aliphatic rings. The van der Waals surface area contributed by atoms with E-state index in [4.69, 9.17) is 0 Å². The first-order chi connectivity index (χ1) is 14.8. The topological polar surface area (TPSA) is 99.3 Å². The zero-order chi connectivity index (χ0) is 22.2. The van der Waals surface area contributed by atoms with E-state index in [1.165, 1.54) is 28.6 Å². The van der Waals surface area contributed by atoms with Gasteiger partial charge in [0, 0.05) is 35.3 Å². The minimum absolute atomic E-state index is 0.154. The zero-order valence-electron chi connectivity index (χ0n) is 17.6. The number of nitrogens with zero attached hydrogens (tertiary/aromatic N) is 1. The van der Waals surface area contributed by atoms with E-state index < -0.39 is 10.0 Å². The first kappa shape index (κ1) is 21.3. The fourth-order valence-electron chi connectivity index (χ4n) is 3.88. The van der Waals surface area contributed by atoms with Gasteiger partial charge in [0.15, 0.2) is 0 Å². The van der Waals surface area contributed by atoms with Gasteiger partial charge < -0.3 is 10.3 Å². The number of anilines is 1. The summed E-state index contributed by atoms with van der Waals surface area (Å²) in [6.45, 7) is 4.74. The van der Waals surface area contributed by atoms with Gasteiger partial charge in [0.05, 0.1) is 10.4 Å². The number of carbonyl (C=O) groups is 1. The lowest BCUT2D eigenvalue weighted by molar-refractivity contribution is 0.102. The van der Waals surface area contributed by atoms with Crippen LogP contribution in [-0.4, -0.2) is 36.7 Å². The van der Waals surface area contributed by atoms with Crippen molar-refractivity contribution in [1.82, 2.24) is 9.29 Å². The Morgan fingerprint density at radius 3 is 2.32 bits per heavy atom. The second-order valence-corrected chi connectivity index (χ2v) is 9.85. The molecule has 3 aromatic rings. The average molecular weight is 440 g/mol. The summed E-state index contributed by atoms with van der Waals surface area (Å²) in [4.78, 5) is 27.7. The van der Waals surface area contributed by atoms with E-state index in [2.05, 4.69) is 10.3 Å². The normalized spacial score (nSPS) is 15.2. The molecule has 31 heavy (non-hydrogen) atoms. The molecule has 0 spiro atoms. The van der Waals surface area contributed by atoms with E-state index in [9.17, 15) is 18.0 Å². The molecule has 2 N–H and O–H groups in total. The van der Waals surface area contributed by atoms with E-state index in [1.807, 2.05) is 13.0 Å². The van der Waals surface area contributed by atoms with Crippen LogP contribution in [0, 0.1) is 13.8 Å². The smallest absolute Gasteiger partial charge is 0.255 e. The molecular weight excluding hydrogens is 414 g/mol. The lowest BCUT2D eigenvalue weighted by atomic mass is 10.1. The van der Waals surface area contributed by atoms with Gasteiger partial charge in [-0.05, 0) is 68.7 Å². The van der Waals surface area contributed by atoms with Gasteiger partial charge in [-0.15, -0.1) is 0 Å². The second kappa shape index (κ2) is 8.28. The Labute approximate surface area is 181 Å². The molecule has 1 aromatic heterocycles. The molecule has 2 heterocycles. The van der Waals surface area contributed by atoms with Crippen molar-refractivity contribution in [3.63, 3.8) is 0 Å². The number of nitrogens with one attached hydrogen (secondary N) is 2. The highest BCUT2D eigenvalue weighted by atomic mass is 32.2. The van der Waals surface area contributed by atoms with Crippen molar-refractivity contribution < 1.29 is 13.2 Å². The molecule has 7 nitrogen and oxygen atoms in total. The molecule has 0 atom stereocenters. The number of carbonyl (C=O) groups excluding carboxylic acids is 1. The number of aromatic amines is 1. The Balaban J connectivity index is 1.54. The standard InChI is InChI=1S/C23H25N3O4S/c1-15-16(2)22(27)25-21-14-18(8-11-20(15)21)24-23(28)17-6-9-19(10-7-17)31(29,30)26-12-4-3-5-13-26/h6-11,14H,3-5,12-13H2,1-2H3,(H,24,28)(H,25,27). The Kier molecular flexibility index (Phi) is 5.68. The number of hydrogen-bond acceptors (Lipinski definition) is 4. The number of aromatic nitrogens is 1. The summed E-state index contributed by atoms with van der Waals surface area (Å²) in [5.41, 5.74) is 2.96. The Morgan fingerprint density at radius 1 is 0.968 bits per heavy atom. The number of H-pyrrole nitrogens is 1. The van der Waals surface area contributed by atoms with Crippen molar-refractivity contribution in [3.05, 3.63) is 69.5 Å². The lowest BCUT2D eigenvalue weighted by Gasteiger charge is -2.25. The summed E-state index contributed by atoms with van der Waals surface area (Å²) in [5, 5.41) is 3.72. The quantitative estimate of drug-likeness (QED) is 0.649. The number of sulfonamides is 1. The molecule has 1 aliphatic heterocycles. The summed E-state index contributed by atoms with van der Waals surface area (Å²) in [6, 6.07) is 11.3. The number of aryl methyl sites for hydroxylation is 1. The number of hydrogen-bond donors (Lipinski definition) is 2. The maximum atomic E-state index is 12.8. The largest absolute Gasteiger partial charge is 0.322 e. The molecule has 0 aliphatic carbocycles. The number of pyridine rings is 1. The molecule has 0 bridgehead atoms. The Bertz CT molecular complexity index is 1310. The van der Waals surface area contributed by atoms with Crippen molar-refractivity contribution in [3.8, 4) is 0 Å². The Morgan fingerprint density at radius 2 is 1.65 bits per heavy atom. The fraction of sp³-hybridized carbons (Fsp3) is 0.304. The van der Waals surface area contributed by atoms with Crippen LogP contribution in [0.5, 0.6) is 0 Å². The van der Waals surface area contributed by atoms with Crippen LogP contribution in [0.1, 0.15) is 40.7 Å². The van der Waals surface area contributed by atoms with Crippen molar-refractivity contribution >= 4 is 32.5 Å². The third-order valence-electron chi connectivity index (χ3n) is 5.90. The number of benzene rings is 2. The predicted octanol–water partition coefficient (Wildman–Crippen LogP) is 3.57. The van der Waals surface area contributed by atoms with E-state index >= 15 is 0 Å². The first-order valence-corrected chi connectivity index (χ1v) is 11.8. The first-order valence-electron chi connectivity index (χ1n) is 10.3. The molecule has 1 amide bonds. The monoisotopic (exact) mass is 439 g/mol. The van der Waals surface area contributed by atoms with Gasteiger partial charge >= 0.3 is 0 Å². The molecule has 1 fully saturated rings. The summed E-state index contributed by atoms with van der Waals surface area (Å²) < 4.78 is 27.0. The Hall–Kier alpha value is -2.97.